The molecule has 1 rings (SSSR count). The van der Waals surface area contributed by atoms with Crippen molar-refractivity contribution in [3.8, 4) is 6.07 Å². The summed E-state index contributed by atoms with van der Waals surface area (Å²) in [5, 5.41) is 12.2. The number of rotatable bonds is 7. The van der Waals surface area contributed by atoms with Crippen LogP contribution in [0.1, 0.15) is 51.2 Å². The van der Waals surface area contributed by atoms with Crippen LogP contribution in [0.15, 0.2) is 18.2 Å². The van der Waals surface area contributed by atoms with Crippen LogP contribution in [0, 0.1) is 23.1 Å². The van der Waals surface area contributed by atoms with Crippen LogP contribution in [0.3, 0.4) is 0 Å². The molecule has 1 atom stereocenters. The standard InChI is InChI=1S/C16H23FN2/c1-12(2)5-4-6-13(3)19-11-14-7-8-16(17)15(9-14)10-18/h7-9,12-13,19H,4-6,11H2,1-3H3. The monoisotopic (exact) mass is 262 g/mol. The summed E-state index contributed by atoms with van der Waals surface area (Å²) < 4.78 is 13.2. The third-order valence-corrected chi connectivity index (χ3v) is 3.22. The summed E-state index contributed by atoms with van der Waals surface area (Å²) in [6, 6.07) is 7.01. The maximum Gasteiger partial charge on any atom is 0.140 e. The first-order chi connectivity index (χ1) is 9.02. The van der Waals surface area contributed by atoms with Gasteiger partial charge in [0.05, 0.1) is 5.56 Å². The molecule has 0 radical (unpaired) electrons. The fourth-order valence-corrected chi connectivity index (χ4v) is 1.99. The quantitative estimate of drug-likeness (QED) is 0.806. The molecule has 0 saturated heterocycles. The highest BCUT2D eigenvalue weighted by molar-refractivity contribution is 5.34. The van der Waals surface area contributed by atoms with Crippen molar-refractivity contribution < 1.29 is 4.39 Å². The van der Waals surface area contributed by atoms with Crippen molar-refractivity contribution in [2.75, 3.05) is 0 Å². The van der Waals surface area contributed by atoms with E-state index in [0.29, 0.717) is 12.6 Å². The molecule has 0 spiro atoms. The van der Waals surface area contributed by atoms with Gasteiger partial charge in [-0.2, -0.15) is 5.26 Å². The molecule has 0 amide bonds. The van der Waals surface area contributed by atoms with E-state index in [4.69, 9.17) is 5.26 Å². The van der Waals surface area contributed by atoms with Gasteiger partial charge in [0.15, 0.2) is 0 Å². The number of halogens is 1. The summed E-state index contributed by atoms with van der Waals surface area (Å²) in [6.45, 7) is 7.31. The second kappa shape index (κ2) is 7.91. The van der Waals surface area contributed by atoms with Crippen molar-refractivity contribution in [2.45, 2.75) is 52.6 Å². The van der Waals surface area contributed by atoms with Gasteiger partial charge in [0, 0.05) is 12.6 Å². The first-order valence-corrected chi connectivity index (χ1v) is 6.94. The number of hydrogen-bond acceptors (Lipinski definition) is 2. The number of nitrogens with zero attached hydrogens (tertiary/aromatic N) is 1. The molecule has 0 aliphatic carbocycles. The second-order valence-corrected chi connectivity index (χ2v) is 5.53. The van der Waals surface area contributed by atoms with E-state index in [2.05, 4.69) is 26.1 Å². The van der Waals surface area contributed by atoms with Crippen molar-refractivity contribution in [2.24, 2.45) is 5.92 Å². The zero-order chi connectivity index (χ0) is 14.3. The molecule has 1 aromatic rings. The van der Waals surface area contributed by atoms with Crippen LogP contribution in [-0.2, 0) is 6.54 Å². The van der Waals surface area contributed by atoms with E-state index in [1.54, 1.807) is 12.1 Å². The summed E-state index contributed by atoms with van der Waals surface area (Å²) in [7, 11) is 0. The van der Waals surface area contributed by atoms with Gasteiger partial charge in [-0.15, -0.1) is 0 Å². The van der Waals surface area contributed by atoms with Gasteiger partial charge in [0.1, 0.15) is 11.9 Å². The van der Waals surface area contributed by atoms with E-state index in [1.807, 2.05) is 6.07 Å². The van der Waals surface area contributed by atoms with E-state index in [-0.39, 0.29) is 5.56 Å². The second-order valence-electron chi connectivity index (χ2n) is 5.53. The van der Waals surface area contributed by atoms with Gasteiger partial charge in [0.25, 0.3) is 0 Å². The lowest BCUT2D eigenvalue weighted by Gasteiger charge is -2.14. The molecule has 0 aliphatic heterocycles. The van der Waals surface area contributed by atoms with Crippen LogP contribution in [-0.4, -0.2) is 6.04 Å². The van der Waals surface area contributed by atoms with Gasteiger partial charge in [0.2, 0.25) is 0 Å². The van der Waals surface area contributed by atoms with Crippen LogP contribution < -0.4 is 5.32 Å². The van der Waals surface area contributed by atoms with Crippen molar-refractivity contribution in [3.63, 3.8) is 0 Å². The predicted octanol–water partition coefficient (Wildman–Crippen LogP) is 4.00. The highest BCUT2D eigenvalue weighted by atomic mass is 19.1. The topological polar surface area (TPSA) is 35.8 Å². The average Bonchev–Trinajstić information content (AvgIpc) is 2.37. The molecule has 0 bridgehead atoms. The lowest BCUT2D eigenvalue weighted by molar-refractivity contribution is 0.457. The maximum atomic E-state index is 13.2. The third-order valence-electron chi connectivity index (χ3n) is 3.22. The molecule has 0 fully saturated rings. The molecular weight excluding hydrogens is 239 g/mol. The van der Waals surface area contributed by atoms with Gasteiger partial charge in [-0.05, 0) is 37.0 Å². The van der Waals surface area contributed by atoms with Gasteiger partial charge in [-0.1, -0.05) is 32.8 Å². The van der Waals surface area contributed by atoms with Crippen molar-refractivity contribution in [1.82, 2.24) is 5.32 Å². The minimum absolute atomic E-state index is 0.117. The first kappa shape index (κ1) is 15.7. The van der Waals surface area contributed by atoms with Crippen LogP contribution >= 0.6 is 0 Å². The number of nitriles is 1. The first-order valence-electron chi connectivity index (χ1n) is 6.94. The van der Waals surface area contributed by atoms with Gasteiger partial charge in [-0.25, -0.2) is 4.39 Å². The summed E-state index contributed by atoms with van der Waals surface area (Å²) in [6.07, 6.45) is 3.62. The lowest BCUT2D eigenvalue weighted by Crippen LogP contribution is -2.25. The molecule has 1 unspecified atom stereocenters. The van der Waals surface area contributed by atoms with E-state index in [9.17, 15) is 4.39 Å². The third kappa shape index (κ3) is 5.85. The zero-order valence-corrected chi connectivity index (χ0v) is 12.0. The summed E-state index contributed by atoms with van der Waals surface area (Å²) in [5.74, 6) is 0.304. The molecule has 0 aliphatic rings. The van der Waals surface area contributed by atoms with Crippen LogP contribution in [0.4, 0.5) is 4.39 Å². The average molecular weight is 262 g/mol. The lowest BCUT2D eigenvalue weighted by atomic mass is 10.0. The van der Waals surface area contributed by atoms with E-state index < -0.39 is 5.82 Å². The Morgan fingerprint density at radius 1 is 1.26 bits per heavy atom. The van der Waals surface area contributed by atoms with Crippen molar-refractivity contribution >= 4 is 0 Å². The Morgan fingerprint density at radius 3 is 2.63 bits per heavy atom. The van der Waals surface area contributed by atoms with Gasteiger partial charge in [-0.3, -0.25) is 0 Å². The van der Waals surface area contributed by atoms with E-state index in [1.165, 1.54) is 18.9 Å². The molecule has 1 N–H and O–H groups in total. The van der Waals surface area contributed by atoms with Gasteiger partial charge >= 0.3 is 0 Å². The highest BCUT2D eigenvalue weighted by Crippen LogP contribution is 2.11. The Kier molecular flexibility index (Phi) is 6.52. The van der Waals surface area contributed by atoms with E-state index >= 15 is 0 Å². The normalized spacial score (nSPS) is 12.4. The van der Waals surface area contributed by atoms with Gasteiger partial charge < -0.3 is 5.32 Å². The Morgan fingerprint density at radius 2 is 2.00 bits per heavy atom. The molecule has 3 heteroatoms. The van der Waals surface area contributed by atoms with Crippen LogP contribution in [0.25, 0.3) is 0 Å². The minimum atomic E-state index is -0.448. The molecule has 0 aromatic heterocycles. The summed E-state index contributed by atoms with van der Waals surface area (Å²) >= 11 is 0. The minimum Gasteiger partial charge on any atom is -0.310 e. The largest absolute Gasteiger partial charge is 0.310 e. The number of hydrogen-bond donors (Lipinski definition) is 1. The van der Waals surface area contributed by atoms with Crippen molar-refractivity contribution in [1.29, 1.82) is 5.26 Å². The fraction of sp³-hybridized carbons (Fsp3) is 0.562. The Labute approximate surface area is 115 Å². The predicted molar refractivity (Wildman–Crippen MR) is 76.1 cm³/mol. The number of nitrogens with one attached hydrogen (secondary N) is 1. The summed E-state index contributed by atoms with van der Waals surface area (Å²) in [4.78, 5) is 0. The molecular formula is C16H23FN2. The highest BCUT2D eigenvalue weighted by Gasteiger charge is 2.05. The van der Waals surface area contributed by atoms with E-state index in [0.717, 1.165) is 17.9 Å². The Bertz CT molecular complexity index is 435. The molecule has 19 heavy (non-hydrogen) atoms. The Balaban J connectivity index is 2.38. The molecule has 2 nitrogen and oxygen atoms in total. The maximum absolute atomic E-state index is 13.2. The molecule has 1 aromatic carbocycles. The smallest absolute Gasteiger partial charge is 0.140 e. The SMILES string of the molecule is CC(C)CCCC(C)NCc1ccc(F)c(C#N)c1. The molecule has 0 saturated carbocycles. The van der Waals surface area contributed by atoms with Crippen molar-refractivity contribution in [3.05, 3.63) is 35.1 Å². The molecule has 0 heterocycles. The summed E-state index contributed by atoms with van der Waals surface area (Å²) in [5.41, 5.74) is 1.07. The Hall–Kier alpha value is -1.40. The van der Waals surface area contributed by atoms with Crippen LogP contribution in [0.5, 0.6) is 0 Å². The number of benzene rings is 1. The fourth-order valence-electron chi connectivity index (χ4n) is 1.99. The zero-order valence-electron chi connectivity index (χ0n) is 12.0. The van der Waals surface area contributed by atoms with Crippen LogP contribution in [0.2, 0.25) is 0 Å². The molecule has 104 valence electrons.